The summed E-state index contributed by atoms with van der Waals surface area (Å²) in [7, 11) is 0. The van der Waals surface area contributed by atoms with Crippen molar-refractivity contribution in [1.82, 2.24) is 0 Å². The van der Waals surface area contributed by atoms with E-state index >= 15 is 0 Å². The first kappa shape index (κ1) is 9.03. The van der Waals surface area contributed by atoms with Crippen LogP contribution in [0.2, 0.25) is 0 Å². The zero-order valence-electron chi connectivity index (χ0n) is 6.08. The van der Waals surface area contributed by atoms with E-state index in [1.54, 1.807) is 0 Å². The summed E-state index contributed by atoms with van der Waals surface area (Å²) in [6, 6.07) is 0. The van der Waals surface area contributed by atoms with Crippen molar-refractivity contribution in [1.29, 1.82) is 0 Å². The Labute approximate surface area is 66.9 Å². The van der Waals surface area contributed by atoms with E-state index < -0.39 is 29.6 Å². The fourth-order valence-corrected chi connectivity index (χ4v) is 0.874. The number of hydrogen-bond donors (Lipinski definition) is 0. The lowest BCUT2D eigenvalue weighted by atomic mass is 9.95. The Balaban J connectivity index is 3.08. The first-order valence-electron chi connectivity index (χ1n) is 3.24. The monoisotopic (exact) mass is 178 g/mol. The lowest BCUT2D eigenvalue weighted by Gasteiger charge is -2.21. The van der Waals surface area contributed by atoms with Crippen LogP contribution in [0.3, 0.4) is 0 Å². The van der Waals surface area contributed by atoms with E-state index in [0.717, 1.165) is 0 Å². The zero-order chi connectivity index (χ0) is 9.35. The second-order valence-electron chi connectivity index (χ2n) is 2.49. The van der Waals surface area contributed by atoms with Gasteiger partial charge in [-0.1, -0.05) is 6.58 Å². The third kappa shape index (κ3) is 1.29. The molecule has 0 aromatic heterocycles. The molecule has 1 aliphatic carbocycles. The summed E-state index contributed by atoms with van der Waals surface area (Å²) in [5.41, 5.74) is -2.58. The third-order valence-electron chi connectivity index (χ3n) is 1.65. The maximum absolute atomic E-state index is 13.1. The Bertz CT molecular complexity index is 277. The molecular formula is C8H6F4. The molecule has 0 spiro atoms. The smallest absolute Gasteiger partial charge is 0.186 e. The summed E-state index contributed by atoms with van der Waals surface area (Å²) in [5.74, 6) is -4.00. The van der Waals surface area contributed by atoms with E-state index in [2.05, 4.69) is 6.58 Å². The quantitative estimate of drug-likeness (QED) is 0.427. The molecule has 0 fully saturated rings. The minimum Gasteiger partial charge on any atom is -0.231 e. The van der Waals surface area contributed by atoms with Gasteiger partial charge < -0.3 is 0 Å². The van der Waals surface area contributed by atoms with Crippen LogP contribution in [0.1, 0.15) is 6.42 Å². The molecule has 0 N–H and O–H groups in total. The molecule has 66 valence electrons. The van der Waals surface area contributed by atoms with Crippen molar-refractivity contribution in [3.8, 4) is 0 Å². The number of hydrogen-bond acceptors (Lipinski definition) is 0. The van der Waals surface area contributed by atoms with E-state index in [1.807, 2.05) is 0 Å². The van der Waals surface area contributed by atoms with Crippen LogP contribution in [0.25, 0.3) is 0 Å². The molecule has 0 bridgehead atoms. The summed E-state index contributed by atoms with van der Waals surface area (Å²) in [6.45, 7) is 3.00. The van der Waals surface area contributed by atoms with E-state index in [4.69, 9.17) is 0 Å². The van der Waals surface area contributed by atoms with Crippen LogP contribution in [-0.4, -0.2) is 5.67 Å². The highest BCUT2D eigenvalue weighted by atomic mass is 19.2. The standard InChI is InChI=1S/C8H6F4/c1-2-8(12)4-6(10)5(9)3-7(8)11/h2-3H,1,4H2. The van der Waals surface area contributed by atoms with Gasteiger partial charge in [-0.2, -0.15) is 0 Å². The molecule has 0 saturated heterocycles. The largest absolute Gasteiger partial charge is 0.231 e. The summed E-state index contributed by atoms with van der Waals surface area (Å²) >= 11 is 0. The first-order chi connectivity index (χ1) is 5.49. The molecule has 1 aliphatic rings. The molecule has 0 aromatic carbocycles. The molecule has 0 amide bonds. The maximum Gasteiger partial charge on any atom is 0.186 e. The average molecular weight is 178 g/mol. The highest BCUT2D eigenvalue weighted by Gasteiger charge is 2.37. The van der Waals surface area contributed by atoms with Crippen LogP contribution in [0.15, 0.2) is 36.2 Å². The Morgan fingerprint density at radius 1 is 1.42 bits per heavy atom. The van der Waals surface area contributed by atoms with Gasteiger partial charge in [-0.15, -0.1) is 0 Å². The minimum atomic E-state index is -2.58. The third-order valence-corrected chi connectivity index (χ3v) is 1.65. The second kappa shape index (κ2) is 2.77. The number of halogens is 4. The lowest BCUT2D eigenvalue weighted by Crippen LogP contribution is -2.23. The van der Waals surface area contributed by atoms with Gasteiger partial charge >= 0.3 is 0 Å². The van der Waals surface area contributed by atoms with Crippen LogP contribution >= 0.6 is 0 Å². The van der Waals surface area contributed by atoms with E-state index in [0.29, 0.717) is 6.08 Å². The summed E-state index contributed by atoms with van der Waals surface area (Å²) in [4.78, 5) is 0. The predicted molar refractivity (Wildman–Crippen MR) is 37.1 cm³/mol. The Morgan fingerprint density at radius 2 is 2.00 bits per heavy atom. The van der Waals surface area contributed by atoms with Gasteiger partial charge in [-0.05, 0) is 6.08 Å². The van der Waals surface area contributed by atoms with Crippen molar-refractivity contribution in [3.05, 3.63) is 36.2 Å². The molecule has 0 heterocycles. The predicted octanol–water partition coefficient (Wildman–Crippen LogP) is 3.29. The van der Waals surface area contributed by atoms with Crippen LogP contribution in [0, 0.1) is 0 Å². The summed E-state index contributed by atoms with van der Waals surface area (Å²) in [6.07, 6.45) is -0.143. The van der Waals surface area contributed by atoms with Gasteiger partial charge in [-0.3, -0.25) is 0 Å². The molecule has 0 nitrogen and oxygen atoms in total. The molecule has 1 unspecified atom stereocenters. The molecule has 1 rings (SSSR count). The SMILES string of the molecule is C=CC1(F)CC(F)=C(F)C=C1F. The molecule has 0 radical (unpaired) electrons. The Morgan fingerprint density at radius 3 is 2.50 bits per heavy atom. The van der Waals surface area contributed by atoms with Gasteiger partial charge in [0, 0.05) is 12.5 Å². The van der Waals surface area contributed by atoms with Crippen LogP contribution < -0.4 is 0 Å². The van der Waals surface area contributed by atoms with Crippen molar-refractivity contribution < 1.29 is 17.6 Å². The Hall–Kier alpha value is -1.06. The van der Waals surface area contributed by atoms with Gasteiger partial charge in [0.15, 0.2) is 11.5 Å². The molecule has 1 atom stereocenters. The molecule has 0 saturated carbocycles. The molecule has 0 aliphatic heterocycles. The van der Waals surface area contributed by atoms with E-state index in [-0.39, 0.29) is 6.08 Å². The number of rotatable bonds is 1. The highest BCUT2D eigenvalue weighted by Crippen LogP contribution is 2.38. The number of allylic oxidation sites excluding steroid dienone is 5. The van der Waals surface area contributed by atoms with Crippen LogP contribution in [-0.2, 0) is 0 Å². The topological polar surface area (TPSA) is 0 Å². The fourth-order valence-electron chi connectivity index (χ4n) is 0.874. The van der Waals surface area contributed by atoms with Crippen molar-refractivity contribution in [2.45, 2.75) is 12.1 Å². The summed E-state index contributed by atoms with van der Waals surface area (Å²) in [5, 5.41) is 0. The second-order valence-corrected chi connectivity index (χ2v) is 2.49. The summed E-state index contributed by atoms with van der Waals surface area (Å²) < 4.78 is 50.5. The van der Waals surface area contributed by atoms with Crippen molar-refractivity contribution >= 4 is 0 Å². The van der Waals surface area contributed by atoms with Crippen LogP contribution in [0.4, 0.5) is 17.6 Å². The molecular weight excluding hydrogens is 172 g/mol. The highest BCUT2D eigenvalue weighted by molar-refractivity contribution is 5.34. The van der Waals surface area contributed by atoms with Gasteiger partial charge in [0.25, 0.3) is 0 Å². The molecule has 0 aromatic rings. The van der Waals surface area contributed by atoms with Gasteiger partial charge in [0.05, 0.1) is 0 Å². The van der Waals surface area contributed by atoms with Crippen molar-refractivity contribution in [2.24, 2.45) is 0 Å². The minimum absolute atomic E-state index is 0.195. The fraction of sp³-hybridized carbons (Fsp3) is 0.250. The van der Waals surface area contributed by atoms with E-state index in [1.165, 1.54) is 0 Å². The van der Waals surface area contributed by atoms with Crippen LogP contribution in [0.5, 0.6) is 0 Å². The molecule has 12 heavy (non-hydrogen) atoms. The van der Waals surface area contributed by atoms with Crippen molar-refractivity contribution in [2.75, 3.05) is 0 Å². The van der Waals surface area contributed by atoms with Crippen molar-refractivity contribution in [3.63, 3.8) is 0 Å². The van der Waals surface area contributed by atoms with Gasteiger partial charge in [0.1, 0.15) is 11.7 Å². The molecule has 4 heteroatoms. The Kier molecular flexibility index (Phi) is 2.08. The zero-order valence-corrected chi connectivity index (χ0v) is 6.08. The number of alkyl halides is 1. The normalized spacial score (nSPS) is 30.2. The average Bonchev–Trinajstić information content (AvgIpc) is 2.01. The maximum atomic E-state index is 13.1. The van der Waals surface area contributed by atoms with Gasteiger partial charge in [-0.25, -0.2) is 17.6 Å². The van der Waals surface area contributed by atoms with E-state index in [9.17, 15) is 17.6 Å². The lowest BCUT2D eigenvalue weighted by molar-refractivity contribution is 0.212. The first-order valence-corrected chi connectivity index (χ1v) is 3.24. The van der Waals surface area contributed by atoms with Gasteiger partial charge in [0.2, 0.25) is 0 Å².